The van der Waals surface area contributed by atoms with Crippen LogP contribution in [0.5, 0.6) is 5.75 Å². The Hall–Kier alpha value is -2.75. The Kier molecular flexibility index (Phi) is 3.83. The van der Waals surface area contributed by atoms with E-state index in [4.69, 9.17) is 9.47 Å². The Bertz CT molecular complexity index is 806. The lowest BCUT2D eigenvalue weighted by atomic mass is 10.2. The molecule has 0 fully saturated rings. The van der Waals surface area contributed by atoms with E-state index >= 15 is 0 Å². The number of ether oxygens (including phenoxy) is 2. The first-order valence-electron chi connectivity index (χ1n) is 7.02. The Balaban J connectivity index is 2.14. The second-order valence-corrected chi connectivity index (χ2v) is 5.02. The average Bonchev–Trinajstić information content (AvgIpc) is 2.92. The number of fused-ring (bicyclic) bond motifs is 1. The zero-order valence-corrected chi connectivity index (χ0v) is 12.6. The fourth-order valence-corrected chi connectivity index (χ4v) is 2.59. The highest BCUT2D eigenvalue weighted by Gasteiger charge is 2.16. The predicted octanol–water partition coefficient (Wildman–Crippen LogP) is 3.48. The Morgan fingerprint density at radius 2 is 1.82 bits per heavy atom. The molecule has 0 N–H and O–H groups in total. The summed E-state index contributed by atoms with van der Waals surface area (Å²) in [5.74, 6) is 0.423. The SMILES string of the molecule is COC(=O)c1cc2cc(OC)ccc2n1Cc1ccccc1. The van der Waals surface area contributed by atoms with Gasteiger partial charge in [0.1, 0.15) is 11.4 Å². The molecule has 0 atom stereocenters. The van der Waals surface area contributed by atoms with E-state index in [1.807, 2.05) is 59.2 Å². The summed E-state index contributed by atoms with van der Waals surface area (Å²) in [6.45, 7) is 0.612. The summed E-state index contributed by atoms with van der Waals surface area (Å²) < 4.78 is 12.1. The molecule has 3 aromatic rings. The lowest BCUT2D eigenvalue weighted by molar-refractivity contribution is 0.0589. The number of aromatic nitrogens is 1. The smallest absolute Gasteiger partial charge is 0.354 e. The summed E-state index contributed by atoms with van der Waals surface area (Å²) in [6.07, 6.45) is 0. The summed E-state index contributed by atoms with van der Waals surface area (Å²) in [6, 6.07) is 17.6. The second-order valence-electron chi connectivity index (χ2n) is 5.02. The van der Waals surface area contributed by atoms with Crippen molar-refractivity contribution in [1.29, 1.82) is 0 Å². The first-order valence-corrected chi connectivity index (χ1v) is 7.02. The summed E-state index contributed by atoms with van der Waals surface area (Å²) in [5, 5.41) is 0.954. The maximum absolute atomic E-state index is 12.1. The van der Waals surface area contributed by atoms with Gasteiger partial charge in [-0.05, 0) is 29.8 Å². The summed E-state index contributed by atoms with van der Waals surface area (Å²) in [5.41, 5.74) is 2.64. The van der Waals surface area contributed by atoms with Gasteiger partial charge >= 0.3 is 5.97 Å². The van der Waals surface area contributed by atoms with Crippen LogP contribution in [0, 0.1) is 0 Å². The third-order valence-corrected chi connectivity index (χ3v) is 3.69. The fraction of sp³-hybridized carbons (Fsp3) is 0.167. The van der Waals surface area contributed by atoms with Crippen LogP contribution < -0.4 is 4.74 Å². The molecule has 0 spiro atoms. The number of hydrogen-bond acceptors (Lipinski definition) is 3. The number of carbonyl (C=O) groups is 1. The minimum absolute atomic E-state index is 0.342. The molecular weight excluding hydrogens is 278 g/mol. The van der Waals surface area contributed by atoms with Gasteiger partial charge in [0.2, 0.25) is 0 Å². The number of rotatable bonds is 4. The fourth-order valence-electron chi connectivity index (χ4n) is 2.59. The van der Waals surface area contributed by atoms with Gasteiger partial charge in [0, 0.05) is 17.4 Å². The first kappa shape index (κ1) is 14.2. The number of nitrogens with zero attached hydrogens (tertiary/aromatic N) is 1. The molecule has 0 amide bonds. The van der Waals surface area contributed by atoms with Crippen molar-refractivity contribution in [3.8, 4) is 5.75 Å². The number of methoxy groups -OCH3 is 2. The minimum Gasteiger partial charge on any atom is -0.497 e. The maximum Gasteiger partial charge on any atom is 0.354 e. The molecule has 22 heavy (non-hydrogen) atoms. The van der Waals surface area contributed by atoms with E-state index in [2.05, 4.69) is 0 Å². The van der Waals surface area contributed by atoms with Gasteiger partial charge in [-0.15, -0.1) is 0 Å². The van der Waals surface area contributed by atoms with Gasteiger partial charge < -0.3 is 14.0 Å². The summed E-state index contributed by atoms with van der Waals surface area (Å²) in [7, 11) is 3.02. The van der Waals surface area contributed by atoms with E-state index in [9.17, 15) is 4.79 Å². The van der Waals surface area contributed by atoms with Crippen molar-refractivity contribution < 1.29 is 14.3 Å². The summed E-state index contributed by atoms with van der Waals surface area (Å²) >= 11 is 0. The van der Waals surface area contributed by atoms with Crippen molar-refractivity contribution in [2.24, 2.45) is 0 Å². The highest BCUT2D eigenvalue weighted by Crippen LogP contribution is 2.26. The molecule has 0 bridgehead atoms. The lowest BCUT2D eigenvalue weighted by Crippen LogP contribution is -2.11. The quantitative estimate of drug-likeness (QED) is 0.692. The molecule has 0 unspecified atom stereocenters. The molecule has 1 heterocycles. The number of carbonyl (C=O) groups excluding carboxylic acids is 1. The Labute approximate surface area is 128 Å². The van der Waals surface area contributed by atoms with Crippen LogP contribution in [0.2, 0.25) is 0 Å². The molecule has 0 aliphatic carbocycles. The van der Waals surface area contributed by atoms with E-state index in [0.29, 0.717) is 12.2 Å². The van der Waals surface area contributed by atoms with Crippen LogP contribution in [-0.2, 0) is 11.3 Å². The number of benzene rings is 2. The zero-order valence-electron chi connectivity index (χ0n) is 12.6. The minimum atomic E-state index is -0.342. The van der Waals surface area contributed by atoms with Crippen LogP contribution in [0.15, 0.2) is 54.6 Å². The summed E-state index contributed by atoms with van der Waals surface area (Å²) in [4.78, 5) is 12.1. The van der Waals surface area contributed by atoms with Crippen molar-refractivity contribution >= 4 is 16.9 Å². The Morgan fingerprint density at radius 1 is 1.05 bits per heavy atom. The average molecular weight is 295 g/mol. The molecule has 3 rings (SSSR count). The van der Waals surface area contributed by atoms with E-state index < -0.39 is 0 Å². The highest BCUT2D eigenvalue weighted by atomic mass is 16.5. The molecule has 0 aliphatic heterocycles. The van der Waals surface area contributed by atoms with Crippen LogP contribution in [0.3, 0.4) is 0 Å². The molecule has 2 aromatic carbocycles. The van der Waals surface area contributed by atoms with E-state index in [1.54, 1.807) is 7.11 Å². The molecule has 0 saturated heterocycles. The van der Waals surface area contributed by atoms with Crippen LogP contribution in [0.25, 0.3) is 10.9 Å². The van der Waals surface area contributed by atoms with Gasteiger partial charge in [0.15, 0.2) is 0 Å². The van der Waals surface area contributed by atoms with Gasteiger partial charge in [-0.2, -0.15) is 0 Å². The molecule has 4 nitrogen and oxygen atoms in total. The zero-order chi connectivity index (χ0) is 15.5. The van der Waals surface area contributed by atoms with Crippen molar-refractivity contribution in [3.05, 3.63) is 65.9 Å². The van der Waals surface area contributed by atoms with E-state index in [-0.39, 0.29) is 5.97 Å². The molecule has 0 radical (unpaired) electrons. The van der Waals surface area contributed by atoms with Crippen LogP contribution in [-0.4, -0.2) is 24.8 Å². The second kappa shape index (κ2) is 5.93. The van der Waals surface area contributed by atoms with E-state index in [1.165, 1.54) is 7.11 Å². The third kappa shape index (κ3) is 2.55. The monoisotopic (exact) mass is 295 g/mol. The lowest BCUT2D eigenvalue weighted by Gasteiger charge is -2.10. The van der Waals surface area contributed by atoms with Gasteiger partial charge in [0.25, 0.3) is 0 Å². The molecule has 1 aromatic heterocycles. The van der Waals surface area contributed by atoms with Gasteiger partial charge in [-0.25, -0.2) is 4.79 Å². The number of hydrogen-bond donors (Lipinski definition) is 0. The largest absolute Gasteiger partial charge is 0.497 e. The van der Waals surface area contributed by atoms with Gasteiger partial charge in [0.05, 0.1) is 14.2 Å². The molecule has 4 heteroatoms. The molecule has 0 saturated carbocycles. The van der Waals surface area contributed by atoms with Crippen LogP contribution >= 0.6 is 0 Å². The van der Waals surface area contributed by atoms with Crippen LogP contribution in [0.4, 0.5) is 0 Å². The topological polar surface area (TPSA) is 40.5 Å². The van der Waals surface area contributed by atoms with Crippen molar-refractivity contribution in [2.75, 3.05) is 14.2 Å². The molecule has 0 aliphatic rings. The van der Waals surface area contributed by atoms with Crippen molar-refractivity contribution in [3.63, 3.8) is 0 Å². The molecular formula is C18H17NO3. The van der Waals surface area contributed by atoms with Gasteiger partial charge in [-0.3, -0.25) is 0 Å². The van der Waals surface area contributed by atoms with Crippen LogP contribution in [0.1, 0.15) is 16.1 Å². The van der Waals surface area contributed by atoms with Crippen molar-refractivity contribution in [1.82, 2.24) is 4.57 Å². The van der Waals surface area contributed by atoms with Crippen molar-refractivity contribution in [2.45, 2.75) is 6.54 Å². The van der Waals surface area contributed by atoms with Gasteiger partial charge in [-0.1, -0.05) is 30.3 Å². The number of esters is 1. The standard InChI is InChI=1S/C18H17NO3/c1-21-15-8-9-16-14(10-15)11-17(18(20)22-2)19(16)12-13-6-4-3-5-7-13/h3-11H,12H2,1-2H3. The van der Waals surface area contributed by atoms with E-state index in [0.717, 1.165) is 22.2 Å². The normalized spacial score (nSPS) is 10.6. The first-order chi connectivity index (χ1) is 10.7. The predicted molar refractivity (Wildman–Crippen MR) is 85.4 cm³/mol. The highest BCUT2D eigenvalue weighted by molar-refractivity contribution is 5.96. The third-order valence-electron chi connectivity index (χ3n) is 3.69. The Morgan fingerprint density at radius 3 is 2.50 bits per heavy atom. The molecule has 112 valence electrons. The maximum atomic E-state index is 12.1.